The second kappa shape index (κ2) is 6.81. The first-order valence-corrected chi connectivity index (χ1v) is 8.88. The Bertz CT molecular complexity index is 858. The van der Waals surface area contributed by atoms with Crippen molar-refractivity contribution in [2.24, 2.45) is 0 Å². The second-order valence-electron chi connectivity index (χ2n) is 6.78. The molecule has 0 unspecified atom stereocenters. The molecular formula is C21H23N3O. The number of aromatic nitrogens is 3. The first kappa shape index (κ1) is 16.0. The molecule has 0 N–H and O–H groups in total. The topological polar surface area (TPSA) is 39.9 Å². The average Bonchev–Trinajstić information content (AvgIpc) is 3.27. The fourth-order valence-electron chi connectivity index (χ4n) is 3.47. The minimum absolute atomic E-state index is 0.307. The van der Waals surface area contributed by atoms with Crippen LogP contribution < -0.4 is 0 Å². The zero-order valence-electron chi connectivity index (χ0n) is 14.8. The van der Waals surface area contributed by atoms with Crippen LogP contribution in [0.4, 0.5) is 0 Å². The molecule has 1 fully saturated rings. The van der Waals surface area contributed by atoms with E-state index in [9.17, 15) is 0 Å². The van der Waals surface area contributed by atoms with Crippen molar-refractivity contribution in [3.05, 3.63) is 60.0 Å². The van der Waals surface area contributed by atoms with Crippen molar-refractivity contribution < 1.29 is 4.74 Å². The summed E-state index contributed by atoms with van der Waals surface area (Å²) in [5.74, 6) is 0. The molecule has 0 amide bonds. The normalized spacial score (nSPS) is 17.1. The molecule has 1 aliphatic heterocycles. The highest BCUT2D eigenvalue weighted by Gasteiger charge is 2.16. The summed E-state index contributed by atoms with van der Waals surface area (Å²) in [6.07, 6.45) is 4.64. The number of ether oxygens (including phenoxy) is 1. The maximum Gasteiger partial charge on any atom is 0.0923 e. The van der Waals surface area contributed by atoms with Gasteiger partial charge in [0, 0.05) is 29.8 Å². The van der Waals surface area contributed by atoms with E-state index in [1.54, 1.807) is 0 Å². The maximum absolute atomic E-state index is 5.70. The van der Waals surface area contributed by atoms with E-state index in [4.69, 9.17) is 9.84 Å². The molecular weight excluding hydrogens is 310 g/mol. The summed E-state index contributed by atoms with van der Waals surface area (Å²) in [5, 5.41) is 4.74. The van der Waals surface area contributed by atoms with Gasteiger partial charge in [0.2, 0.25) is 0 Å². The Kier molecular flexibility index (Phi) is 4.36. The van der Waals surface area contributed by atoms with Crippen LogP contribution in [-0.4, -0.2) is 27.5 Å². The molecule has 25 heavy (non-hydrogen) atoms. The van der Waals surface area contributed by atoms with Gasteiger partial charge in [-0.25, -0.2) is 0 Å². The molecule has 4 heteroatoms. The Balaban J connectivity index is 1.60. The molecule has 128 valence electrons. The van der Waals surface area contributed by atoms with Gasteiger partial charge in [0.1, 0.15) is 0 Å². The molecule has 1 atom stereocenters. The molecule has 0 aliphatic carbocycles. The Morgan fingerprint density at radius 3 is 2.60 bits per heavy atom. The third-order valence-electron chi connectivity index (χ3n) is 4.63. The van der Waals surface area contributed by atoms with Crippen molar-refractivity contribution in [1.29, 1.82) is 0 Å². The van der Waals surface area contributed by atoms with Gasteiger partial charge in [-0.15, -0.1) is 0 Å². The number of rotatable bonds is 4. The summed E-state index contributed by atoms with van der Waals surface area (Å²) in [6, 6.07) is 14.9. The first-order chi connectivity index (χ1) is 12.2. The van der Waals surface area contributed by atoms with Crippen molar-refractivity contribution in [2.75, 3.05) is 6.61 Å². The summed E-state index contributed by atoms with van der Waals surface area (Å²) < 4.78 is 7.70. The van der Waals surface area contributed by atoms with Gasteiger partial charge in [-0.3, -0.25) is 9.67 Å². The van der Waals surface area contributed by atoms with Crippen LogP contribution in [-0.2, 0) is 11.3 Å². The Morgan fingerprint density at radius 2 is 1.84 bits per heavy atom. The van der Waals surface area contributed by atoms with Crippen molar-refractivity contribution in [2.45, 2.75) is 39.3 Å². The number of aryl methyl sites for hydroxylation is 2. The van der Waals surface area contributed by atoms with Crippen molar-refractivity contribution in [3.63, 3.8) is 0 Å². The van der Waals surface area contributed by atoms with Gasteiger partial charge in [-0.2, -0.15) is 5.10 Å². The molecule has 2 aromatic heterocycles. The van der Waals surface area contributed by atoms with Gasteiger partial charge in [-0.05, 0) is 62.1 Å². The second-order valence-corrected chi connectivity index (χ2v) is 6.78. The number of hydrogen-bond acceptors (Lipinski definition) is 3. The lowest BCUT2D eigenvalue weighted by Gasteiger charge is -2.09. The lowest BCUT2D eigenvalue weighted by molar-refractivity contribution is 0.0940. The molecule has 0 saturated carbocycles. The molecule has 3 heterocycles. The van der Waals surface area contributed by atoms with Crippen LogP contribution in [0.15, 0.2) is 48.7 Å². The zero-order valence-corrected chi connectivity index (χ0v) is 14.8. The predicted molar refractivity (Wildman–Crippen MR) is 99.3 cm³/mol. The summed E-state index contributed by atoms with van der Waals surface area (Å²) in [4.78, 5) is 4.46. The van der Waals surface area contributed by atoms with Crippen molar-refractivity contribution in [3.8, 4) is 22.4 Å². The molecule has 0 bridgehead atoms. The standard InChI is InChI=1S/C21H23N3O/c1-15-11-19(12-16(2)22-15)17-5-3-6-18(13-17)21-8-9-24(23-21)14-20-7-4-10-25-20/h3,5-6,8-9,11-13,20H,4,7,10,14H2,1-2H3/t20-/m1/s1. The highest BCUT2D eigenvalue weighted by Crippen LogP contribution is 2.26. The van der Waals surface area contributed by atoms with E-state index in [2.05, 4.69) is 47.4 Å². The maximum atomic E-state index is 5.70. The summed E-state index contributed by atoms with van der Waals surface area (Å²) in [5.41, 5.74) is 6.62. The smallest absolute Gasteiger partial charge is 0.0923 e. The lowest BCUT2D eigenvalue weighted by atomic mass is 10.0. The van der Waals surface area contributed by atoms with Gasteiger partial charge in [0.05, 0.1) is 18.3 Å². The van der Waals surface area contributed by atoms with E-state index in [0.29, 0.717) is 6.10 Å². The summed E-state index contributed by atoms with van der Waals surface area (Å²) >= 11 is 0. The van der Waals surface area contributed by atoms with E-state index in [1.807, 2.05) is 24.7 Å². The SMILES string of the molecule is Cc1cc(-c2cccc(-c3ccn(C[C@H]4CCCO4)n3)c2)cc(C)n1. The van der Waals surface area contributed by atoms with Gasteiger partial charge in [-0.1, -0.05) is 18.2 Å². The highest BCUT2D eigenvalue weighted by atomic mass is 16.5. The van der Waals surface area contributed by atoms with Crippen LogP contribution in [0.3, 0.4) is 0 Å². The van der Waals surface area contributed by atoms with Crippen LogP contribution in [0.2, 0.25) is 0 Å². The largest absolute Gasteiger partial charge is 0.376 e. The molecule has 1 saturated heterocycles. The van der Waals surface area contributed by atoms with Crippen molar-refractivity contribution in [1.82, 2.24) is 14.8 Å². The Morgan fingerprint density at radius 1 is 1.04 bits per heavy atom. The van der Waals surface area contributed by atoms with Crippen LogP contribution in [0.25, 0.3) is 22.4 Å². The van der Waals surface area contributed by atoms with Crippen LogP contribution in [0.5, 0.6) is 0 Å². The first-order valence-electron chi connectivity index (χ1n) is 8.88. The minimum atomic E-state index is 0.307. The molecule has 3 aromatic rings. The fraction of sp³-hybridized carbons (Fsp3) is 0.333. The molecule has 1 aromatic carbocycles. The Labute approximate surface area is 148 Å². The predicted octanol–water partition coefficient (Wildman–Crippen LogP) is 4.41. The molecule has 4 nitrogen and oxygen atoms in total. The summed E-state index contributed by atoms with van der Waals surface area (Å²) in [6.45, 7) is 5.79. The van der Waals surface area contributed by atoms with Gasteiger partial charge in [0.25, 0.3) is 0 Å². The van der Waals surface area contributed by atoms with E-state index in [-0.39, 0.29) is 0 Å². The van der Waals surface area contributed by atoms with Gasteiger partial charge >= 0.3 is 0 Å². The average molecular weight is 333 g/mol. The number of pyridine rings is 1. The van der Waals surface area contributed by atoms with Gasteiger partial charge in [0.15, 0.2) is 0 Å². The zero-order chi connectivity index (χ0) is 17.2. The van der Waals surface area contributed by atoms with E-state index in [1.165, 1.54) is 11.1 Å². The van der Waals surface area contributed by atoms with Crippen LogP contribution >= 0.6 is 0 Å². The molecule has 1 aliphatic rings. The van der Waals surface area contributed by atoms with E-state index in [0.717, 1.165) is 48.6 Å². The number of benzene rings is 1. The van der Waals surface area contributed by atoms with Gasteiger partial charge < -0.3 is 4.74 Å². The molecule has 4 rings (SSSR count). The van der Waals surface area contributed by atoms with Crippen LogP contribution in [0.1, 0.15) is 24.2 Å². The van der Waals surface area contributed by atoms with E-state index >= 15 is 0 Å². The van der Waals surface area contributed by atoms with Crippen LogP contribution in [0, 0.1) is 13.8 Å². The van der Waals surface area contributed by atoms with E-state index < -0.39 is 0 Å². The third kappa shape index (κ3) is 3.64. The Hall–Kier alpha value is -2.46. The fourth-order valence-corrected chi connectivity index (χ4v) is 3.47. The molecule has 0 spiro atoms. The summed E-state index contributed by atoms with van der Waals surface area (Å²) in [7, 11) is 0. The minimum Gasteiger partial charge on any atom is -0.376 e. The molecule has 0 radical (unpaired) electrons. The quantitative estimate of drug-likeness (QED) is 0.710. The van der Waals surface area contributed by atoms with Crippen molar-refractivity contribution >= 4 is 0 Å². The number of nitrogens with zero attached hydrogens (tertiary/aromatic N) is 3. The number of hydrogen-bond donors (Lipinski definition) is 0. The third-order valence-corrected chi connectivity index (χ3v) is 4.63. The highest BCUT2D eigenvalue weighted by molar-refractivity contribution is 5.71. The lowest BCUT2D eigenvalue weighted by Crippen LogP contribution is -2.15. The monoisotopic (exact) mass is 333 g/mol.